The summed E-state index contributed by atoms with van der Waals surface area (Å²) in [5, 5.41) is 18.5. The summed E-state index contributed by atoms with van der Waals surface area (Å²) >= 11 is 0. The number of aryl methyl sites for hydroxylation is 1. The van der Waals surface area contributed by atoms with E-state index in [0.717, 1.165) is 44.5 Å². The number of aliphatic hydroxyl groups is 1. The molecule has 2 N–H and O–H groups in total. The Morgan fingerprint density at radius 3 is 2.76 bits per heavy atom. The van der Waals surface area contributed by atoms with Crippen LogP contribution in [0.4, 0.5) is 0 Å². The Morgan fingerprint density at radius 2 is 2.18 bits per heavy atom. The molecule has 17 heavy (non-hydrogen) atoms. The average molecular weight is 237 g/mol. The van der Waals surface area contributed by atoms with Crippen molar-refractivity contribution in [1.29, 1.82) is 0 Å². The Bertz CT molecular complexity index is 353. The van der Waals surface area contributed by atoms with Gasteiger partial charge in [-0.25, -0.2) is 0 Å². The van der Waals surface area contributed by atoms with Gasteiger partial charge >= 0.3 is 0 Å². The van der Waals surface area contributed by atoms with Crippen LogP contribution in [-0.4, -0.2) is 27.5 Å². The maximum absolute atomic E-state index is 10.7. The van der Waals surface area contributed by atoms with Gasteiger partial charge in [0.1, 0.15) is 5.60 Å². The van der Waals surface area contributed by atoms with Gasteiger partial charge in [-0.1, -0.05) is 6.92 Å². The topological polar surface area (TPSA) is 50.1 Å². The standard InChI is InChI=1S/C13H23N3O/c1-3-14-11-5-8-13(17,9-6-11)12-7-10-15-16(12)4-2/h7,10-11,14,17H,3-6,8-9H2,1-2H3. The Morgan fingerprint density at radius 1 is 1.47 bits per heavy atom. The van der Waals surface area contributed by atoms with Crippen molar-refractivity contribution in [1.82, 2.24) is 15.1 Å². The van der Waals surface area contributed by atoms with Crippen LogP contribution in [0.25, 0.3) is 0 Å². The Balaban J connectivity index is 2.06. The number of nitrogens with one attached hydrogen (secondary N) is 1. The van der Waals surface area contributed by atoms with Gasteiger partial charge in [0.15, 0.2) is 0 Å². The van der Waals surface area contributed by atoms with Crippen molar-refractivity contribution in [3.63, 3.8) is 0 Å². The fraction of sp³-hybridized carbons (Fsp3) is 0.769. The van der Waals surface area contributed by atoms with Gasteiger partial charge in [0.2, 0.25) is 0 Å². The lowest BCUT2D eigenvalue weighted by Gasteiger charge is -2.36. The van der Waals surface area contributed by atoms with Crippen molar-refractivity contribution in [2.45, 2.75) is 57.7 Å². The van der Waals surface area contributed by atoms with E-state index in [1.54, 1.807) is 6.20 Å². The molecule has 0 saturated heterocycles. The van der Waals surface area contributed by atoms with E-state index >= 15 is 0 Å². The SMILES string of the molecule is CCNC1CCC(O)(c2ccnn2CC)CC1. The molecule has 1 aromatic heterocycles. The molecular formula is C13H23N3O. The van der Waals surface area contributed by atoms with Gasteiger partial charge in [0.25, 0.3) is 0 Å². The van der Waals surface area contributed by atoms with Crippen molar-refractivity contribution in [2.24, 2.45) is 0 Å². The molecule has 0 amide bonds. The van der Waals surface area contributed by atoms with Crippen LogP contribution in [0.2, 0.25) is 0 Å². The van der Waals surface area contributed by atoms with Crippen LogP contribution in [0, 0.1) is 0 Å². The second-order valence-electron chi connectivity index (χ2n) is 4.90. The molecule has 0 aliphatic heterocycles. The molecule has 1 saturated carbocycles. The molecule has 2 rings (SSSR count). The van der Waals surface area contributed by atoms with E-state index in [0.29, 0.717) is 6.04 Å². The molecule has 4 heteroatoms. The highest BCUT2D eigenvalue weighted by Crippen LogP contribution is 2.36. The summed E-state index contributed by atoms with van der Waals surface area (Å²) in [6, 6.07) is 2.52. The third kappa shape index (κ3) is 2.53. The van der Waals surface area contributed by atoms with Gasteiger partial charge in [-0.2, -0.15) is 5.10 Å². The maximum Gasteiger partial charge on any atom is 0.106 e. The van der Waals surface area contributed by atoms with Crippen LogP contribution >= 0.6 is 0 Å². The number of aromatic nitrogens is 2. The first kappa shape index (κ1) is 12.6. The zero-order valence-corrected chi connectivity index (χ0v) is 10.8. The van der Waals surface area contributed by atoms with Crippen molar-refractivity contribution in [2.75, 3.05) is 6.54 Å². The predicted molar refractivity (Wildman–Crippen MR) is 67.7 cm³/mol. The first-order valence-corrected chi connectivity index (χ1v) is 6.67. The molecule has 1 aliphatic carbocycles. The van der Waals surface area contributed by atoms with E-state index in [1.165, 1.54) is 0 Å². The lowest BCUT2D eigenvalue weighted by Crippen LogP contribution is -2.40. The van der Waals surface area contributed by atoms with Crippen LogP contribution in [0.1, 0.15) is 45.2 Å². The van der Waals surface area contributed by atoms with Crippen molar-refractivity contribution < 1.29 is 5.11 Å². The minimum Gasteiger partial charge on any atom is -0.384 e. The highest BCUT2D eigenvalue weighted by atomic mass is 16.3. The van der Waals surface area contributed by atoms with E-state index in [9.17, 15) is 5.11 Å². The maximum atomic E-state index is 10.7. The molecule has 1 heterocycles. The molecule has 0 unspecified atom stereocenters. The summed E-state index contributed by atoms with van der Waals surface area (Å²) in [5.41, 5.74) is 0.313. The van der Waals surface area contributed by atoms with E-state index in [2.05, 4.69) is 24.3 Å². The second-order valence-corrected chi connectivity index (χ2v) is 4.90. The fourth-order valence-electron chi connectivity index (χ4n) is 2.82. The van der Waals surface area contributed by atoms with Crippen molar-refractivity contribution in [3.05, 3.63) is 18.0 Å². The summed E-state index contributed by atoms with van der Waals surface area (Å²) in [6.45, 7) is 6.02. The van der Waals surface area contributed by atoms with E-state index in [-0.39, 0.29) is 0 Å². The molecule has 0 radical (unpaired) electrons. The molecule has 96 valence electrons. The van der Waals surface area contributed by atoms with Crippen LogP contribution in [0.15, 0.2) is 12.3 Å². The second kappa shape index (κ2) is 5.19. The molecule has 0 spiro atoms. The number of rotatable bonds is 4. The normalized spacial score (nSPS) is 29.5. The Labute approximate surface area is 103 Å². The van der Waals surface area contributed by atoms with Crippen LogP contribution < -0.4 is 5.32 Å². The highest BCUT2D eigenvalue weighted by molar-refractivity contribution is 5.13. The molecule has 0 bridgehead atoms. The molecule has 4 nitrogen and oxygen atoms in total. The van der Waals surface area contributed by atoms with E-state index < -0.39 is 5.60 Å². The first-order valence-electron chi connectivity index (χ1n) is 6.67. The van der Waals surface area contributed by atoms with Crippen molar-refractivity contribution in [3.8, 4) is 0 Å². The third-order valence-electron chi connectivity index (χ3n) is 3.80. The monoisotopic (exact) mass is 237 g/mol. The lowest BCUT2D eigenvalue weighted by molar-refractivity contribution is -0.0158. The van der Waals surface area contributed by atoms with Gasteiger partial charge in [0, 0.05) is 18.8 Å². The minimum absolute atomic E-state index is 0.568. The van der Waals surface area contributed by atoms with E-state index in [1.807, 2.05) is 10.7 Å². The van der Waals surface area contributed by atoms with Crippen molar-refractivity contribution >= 4 is 0 Å². The molecule has 1 aliphatic rings. The largest absolute Gasteiger partial charge is 0.384 e. The van der Waals surface area contributed by atoms with Crippen LogP contribution in [0.5, 0.6) is 0 Å². The third-order valence-corrected chi connectivity index (χ3v) is 3.80. The molecular weight excluding hydrogens is 214 g/mol. The fourth-order valence-corrected chi connectivity index (χ4v) is 2.82. The summed E-state index contributed by atoms with van der Waals surface area (Å²) in [7, 11) is 0. The quantitative estimate of drug-likeness (QED) is 0.837. The summed E-state index contributed by atoms with van der Waals surface area (Å²) in [4.78, 5) is 0. The zero-order chi connectivity index (χ0) is 12.3. The number of hydrogen-bond acceptors (Lipinski definition) is 3. The molecule has 1 aromatic rings. The van der Waals surface area contributed by atoms with Crippen LogP contribution in [0.3, 0.4) is 0 Å². The number of hydrogen-bond donors (Lipinski definition) is 2. The Kier molecular flexibility index (Phi) is 3.84. The predicted octanol–water partition coefficient (Wildman–Crippen LogP) is 1.64. The molecule has 0 atom stereocenters. The van der Waals surface area contributed by atoms with Crippen LogP contribution in [-0.2, 0) is 12.1 Å². The zero-order valence-electron chi connectivity index (χ0n) is 10.8. The smallest absolute Gasteiger partial charge is 0.106 e. The first-order chi connectivity index (χ1) is 8.19. The van der Waals surface area contributed by atoms with Gasteiger partial charge < -0.3 is 10.4 Å². The summed E-state index contributed by atoms with van der Waals surface area (Å²) in [6.07, 6.45) is 5.53. The number of nitrogens with zero attached hydrogens (tertiary/aromatic N) is 2. The van der Waals surface area contributed by atoms with E-state index in [4.69, 9.17) is 0 Å². The van der Waals surface area contributed by atoms with Gasteiger partial charge in [-0.3, -0.25) is 4.68 Å². The highest BCUT2D eigenvalue weighted by Gasteiger charge is 2.36. The summed E-state index contributed by atoms with van der Waals surface area (Å²) < 4.78 is 1.91. The lowest BCUT2D eigenvalue weighted by atomic mass is 9.80. The van der Waals surface area contributed by atoms with Gasteiger partial charge in [-0.15, -0.1) is 0 Å². The van der Waals surface area contributed by atoms with Gasteiger partial charge in [-0.05, 0) is 45.2 Å². The summed E-state index contributed by atoms with van der Waals surface area (Å²) in [5.74, 6) is 0. The molecule has 0 aromatic carbocycles. The average Bonchev–Trinajstić information content (AvgIpc) is 2.81. The Hall–Kier alpha value is -0.870. The van der Waals surface area contributed by atoms with Gasteiger partial charge in [0.05, 0.1) is 5.69 Å². The minimum atomic E-state index is -0.668. The molecule has 1 fully saturated rings.